The summed E-state index contributed by atoms with van der Waals surface area (Å²) in [6.07, 6.45) is 1.76. The third-order valence-electron chi connectivity index (χ3n) is 4.61. The van der Waals surface area contributed by atoms with Crippen molar-refractivity contribution in [2.75, 3.05) is 45.7 Å². The van der Waals surface area contributed by atoms with Gasteiger partial charge in [0.2, 0.25) is 0 Å². The predicted octanol–water partition coefficient (Wildman–Crippen LogP) is 2.80. The molecule has 1 saturated heterocycles. The molecular formula is C19H32IN3O2S. The first kappa shape index (κ1) is 23.5. The summed E-state index contributed by atoms with van der Waals surface area (Å²) in [6, 6.07) is 8.71. The average Bonchev–Trinajstić information content (AvgIpc) is 3.08. The lowest BCUT2D eigenvalue weighted by Gasteiger charge is -2.27. The normalized spacial score (nSPS) is 19.9. The van der Waals surface area contributed by atoms with E-state index in [0.29, 0.717) is 6.61 Å². The van der Waals surface area contributed by atoms with Gasteiger partial charge in [-0.2, -0.15) is 11.8 Å². The van der Waals surface area contributed by atoms with Crippen LogP contribution in [-0.2, 0) is 10.5 Å². The molecule has 1 atom stereocenters. The molecule has 1 aromatic rings. The van der Waals surface area contributed by atoms with Crippen LogP contribution in [0.25, 0.3) is 0 Å². The van der Waals surface area contributed by atoms with Crippen LogP contribution in [0.4, 0.5) is 0 Å². The number of thioether (sulfide) groups is 1. The Morgan fingerprint density at radius 3 is 2.69 bits per heavy atom. The van der Waals surface area contributed by atoms with Gasteiger partial charge in [0.15, 0.2) is 5.96 Å². The monoisotopic (exact) mass is 493 g/mol. The van der Waals surface area contributed by atoms with Gasteiger partial charge in [-0.15, -0.1) is 24.0 Å². The molecule has 2 rings (SSSR count). The van der Waals surface area contributed by atoms with Crippen molar-refractivity contribution >= 4 is 41.7 Å². The summed E-state index contributed by atoms with van der Waals surface area (Å²) in [5, 5.41) is 16.0. The Morgan fingerprint density at radius 1 is 1.31 bits per heavy atom. The van der Waals surface area contributed by atoms with E-state index in [1.165, 1.54) is 11.1 Å². The van der Waals surface area contributed by atoms with Crippen molar-refractivity contribution in [3.8, 4) is 0 Å². The molecule has 1 aliphatic rings. The molecule has 1 aliphatic heterocycles. The Labute approximate surface area is 178 Å². The molecule has 26 heavy (non-hydrogen) atoms. The van der Waals surface area contributed by atoms with Crippen LogP contribution in [0.5, 0.6) is 0 Å². The molecule has 1 unspecified atom stereocenters. The van der Waals surface area contributed by atoms with Gasteiger partial charge in [-0.1, -0.05) is 29.8 Å². The third-order valence-corrected chi connectivity index (χ3v) is 5.64. The Kier molecular flexibility index (Phi) is 11.6. The number of rotatable bonds is 9. The molecule has 5 nitrogen and oxygen atoms in total. The fourth-order valence-electron chi connectivity index (χ4n) is 2.92. The van der Waals surface area contributed by atoms with E-state index in [1.54, 1.807) is 7.05 Å². The molecule has 1 aromatic carbocycles. The number of aryl methyl sites for hydroxylation is 1. The Morgan fingerprint density at radius 2 is 2.08 bits per heavy atom. The molecule has 148 valence electrons. The van der Waals surface area contributed by atoms with Crippen LogP contribution < -0.4 is 10.6 Å². The lowest BCUT2D eigenvalue weighted by atomic mass is 9.84. The fourth-order valence-corrected chi connectivity index (χ4v) is 3.74. The van der Waals surface area contributed by atoms with Crippen LogP contribution in [-0.4, -0.2) is 56.8 Å². The number of guanidine groups is 1. The number of benzene rings is 1. The second-order valence-electron chi connectivity index (χ2n) is 6.67. The van der Waals surface area contributed by atoms with Crippen molar-refractivity contribution in [2.24, 2.45) is 10.4 Å². The van der Waals surface area contributed by atoms with Crippen LogP contribution in [0, 0.1) is 12.3 Å². The lowest BCUT2D eigenvalue weighted by molar-refractivity contribution is 0.127. The standard InChI is InChI=1S/C19H31N3O2S.HI/c1-16-3-5-17(6-4-16)13-25-12-9-21-18(20-2)22-14-19(7-10-23)8-11-24-15-19;/h3-6,23H,7-15H2,1-2H3,(H2,20,21,22);1H. The largest absolute Gasteiger partial charge is 0.396 e. The van der Waals surface area contributed by atoms with Crippen molar-refractivity contribution in [1.29, 1.82) is 0 Å². The van der Waals surface area contributed by atoms with Gasteiger partial charge < -0.3 is 20.5 Å². The maximum Gasteiger partial charge on any atom is 0.191 e. The van der Waals surface area contributed by atoms with Crippen LogP contribution in [0.3, 0.4) is 0 Å². The van der Waals surface area contributed by atoms with E-state index >= 15 is 0 Å². The minimum absolute atomic E-state index is 0. The van der Waals surface area contributed by atoms with Crippen molar-refractivity contribution in [3.05, 3.63) is 35.4 Å². The van der Waals surface area contributed by atoms with Gasteiger partial charge in [0.1, 0.15) is 0 Å². The molecule has 0 aliphatic carbocycles. The van der Waals surface area contributed by atoms with Crippen LogP contribution in [0.15, 0.2) is 29.3 Å². The number of halogens is 1. The van der Waals surface area contributed by atoms with Gasteiger partial charge in [0.25, 0.3) is 0 Å². The second kappa shape index (κ2) is 12.8. The quantitative estimate of drug-likeness (QED) is 0.214. The molecule has 0 radical (unpaired) electrons. The minimum Gasteiger partial charge on any atom is -0.396 e. The lowest BCUT2D eigenvalue weighted by Crippen LogP contribution is -2.45. The highest BCUT2D eigenvalue weighted by Crippen LogP contribution is 2.31. The van der Waals surface area contributed by atoms with E-state index < -0.39 is 0 Å². The number of hydrogen-bond donors (Lipinski definition) is 3. The zero-order chi connectivity index (χ0) is 18.0. The maximum absolute atomic E-state index is 9.29. The van der Waals surface area contributed by atoms with E-state index in [9.17, 15) is 5.11 Å². The van der Waals surface area contributed by atoms with Gasteiger partial charge >= 0.3 is 0 Å². The first-order valence-corrected chi connectivity index (χ1v) is 10.1. The highest BCUT2D eigenvalue weighted by atomic mass is 127. The number of aliphatic imine (C=N–C) groups is 1. The van der Waals surface area contributed by atoms with E-state index in [0.717, 1.165) is 50.0 Å². The number of aliphatic hydroxyl groups excluding tert-OH is 1. The summed E-state index contributed by atoms with van der Waals surface area (Å²) >= 11 is 1.92. The van der Waals surface area contributed by atoms with Crippen LogP contribution >= 0.6 is 35.7 Å². The number of aliphatic hydroxyl groups is 1. The topological polar surface area (TPSA) is 65.9 Å². The van der Waals surface area contributed by atoms with E-state index in [2.05, 4.69) is 46.8 Å². The summed E-state index contributed by atoms with van der Waals surface area (Å²) < 4.78 is 5.53. The van der Waals surface area contributed by atoms with Crippen molar-refractivity contribution in [3.63, 3.8) is 0 Å². The number of nitrogens with one attached hydrogen (secondary N) is 2. The molecule has 1 heterocycles. The van der Waals surface area contributed by atoms with Crippen molar-refractivity contribution in [1.82, 2.24) is 10.6 Å². The molecule has 0 amide bonds. The molecule has 0 aromatic heterocycles. The highest BCUT2D eigenvalue weighted by Gasteiger charge is 2.34. The maximum atomic E-state index is 9.29. The van der Waals surface area contributed by atoms with Gasteiger partial charge in [-0.05, 0) is 25.3 Å². The number of hydrogen-bond acceptors (Lipinski definition) is 4. The van der Waals surface area contributed by atoms with Gasteiger partial charge in [-0.3, -0.25) is 4.99 Å². The molecule has 3 N–H and O–H groups in total. The molecule has 0 bridgehead atoms. The van der Waals surface area contributed by atoms with Crippen molar-refractivity contribution < 1.29 is 9.84 Å². The number of nitrogens with zero attached hydrogens (tertiary/aromatic N) is 1. The molecule has 0 spiro atoms. The molecule has 0 saturated carbocycles. The predicted molar refractivity (Wildman–Crippen MR) is 122 cm³/mol. The summed E-state index contributed by atoms with van der Waals surface area (Å²) in [4.78, 5) is 4.29. The Balaban J connectivity index is 0.00000338. The molecule has 1 fully saturated rings. The SMILES string of the molecule is CN=C(NCCSCc1ccc(C)cc1)NCC1(CCO)CCOC1.I. The first-order chi connectivity index (χ1) is 12.2. The van der Waals surface area contributed by atoms with Gasteiger partial charge in [0.05, 0.1) is 6.61 Å². The van der Waals surface area contributed by atoms with Gasteiger partial charge in [-0.25, -0.2) is 0 Å². The Bertz CT molecular complexity index is 534. The second-order valence-corrected chi connectivity index (χ2v) is 7.77. The highest BCUT2D eigenvalue weighted by molar-refractivity contribution is 14.0. The zero-order valence-corrected chi connectivity index (χ0v) is 18.9. The summed E-state index contributed by atoms with van der Waals surface area (Å²) in [6.45, 7) is 5.46. The summed E-state index contributed by atoms with van der Waals surface area (Å²) in [7, 11) is 1.79. The third kappa shape index (κ3) is 8.02. The first-order valence-electron chi connectivity index (χ1n) is 8.94. The van der Waals surface area contributed by atoms with Gasteiger partial charge in [0, 0.05) is 50.3 Å². The fraction of sp³-hybridized carbons (Fsp3) is 0.632. The van der Waals surface area contributed by atoms with E-state index in [4.69, 9.17) is 4.74 Å². The zero-order valence-electron chi connectivity index (χ0n) is 15.8. The smallest absolute Gasteiger partial charge is 0.191 e. The Hall–Kier alpha value is -0.510. The van der Waals surface area contributed by atoms with E-state index in [-0.39, 0.29) is 36.0 Å². The minimum atomic E-state index is 0. The number of ether oxygens (including phenoxy) is 1. The van der Waals surface area contributed by atoms with Crippen molar-refractivity contribution in [2.45, 2.75) is 25.5 Å². The summed E-state index contributed by atoms with van der Waals surface area (Å²) in [5.74, 6) is 2.88. The van der Waals surface area contributed by atoms with Crippen LogP contribution in [0.2, 0.25) is 0 Å². The molecular weight excluding hydrogens is 461 g/mol. The molecule has 7 heteroatoms. The van der Waals surface area contributed by atoms with Crippen LogP contribution in [0.1, 0.15) is 24.0 Å². The average molecular weight is 493 g/mol. The summed E-state index contributed by atoms with van der Waals surface area (Å²) in [5.41, 5.74) is 2.70. The van der Waals surface area contributed by atoms with E-state index in [1.807, 2.05) is 11.8 Å².